The zero-order valence-corrected chi connectivity index (χ0v) is 23.0. The van der Waals surface area contributed by atoms with Crippen LogP contribution in [0, 0.1) is 18.3 Å². The van der Waals surface area contributed by atoms with E-state index < -0.39 is 29.3 Å². The van der Waals surface area contributed by atoms with Crippen LogP contribution < -0.4 is 10.2 Å². The first-order valence-corrected chi connectivity index (χ1v) is 14.3. The molecule has 7 nitrogen and oxygen atoms in total. The number of imide groups is 2. The Labute approximate surface area is 239 Å². The quantitative estimate of drug-likeness (QED) is 0.358. The normalized spacial score (nSPS) is 23.9. The minimum Gasteiger partial charge on any atom is -0.352 e. The van der Waals surface area contributed by atoms with E-state index in [1.807, 2.05) is 61.5 Å². The zero-order valence-electron chi connectivity index (χ0n) is 23.0. The first kappa shape index (κ1) is 25.4. The van der Waals surface area contributed by atoms with Gasteiger partial charge in [0.05, 0.1) is 18.1 Å². The molecule has 1 spiro atoms. The van der Waals surface area contributed by atoms with Crippen LogP contribution in [0.25, 0.3) is 10.9 Å². The average molecular weight is 545 g/mol. The summed E-state index contributed by atoms with van der Waals surface area (Å²) in [5.41, 5.74) is 3.55. The SMILES string of the molecule is Cc1ccc2nc3c(cc2c1)C[C@]1(C(=O)NC(=O)N(Cc2ccccc2)C1=O)[C@H]1C[C@H](Cc2ccccc2)CCN31. The molecule has 0 aliphatic carbocycles. The van der Waals surface area contributed by atoms with Crippen LogP contribution in [0.4, 0.5) is 10.6 Å². The summed E-state index contributed by atoms with van der Waals surface area (Å²) >= 11 is 0. The maximum absolute atomic E-state index is 14.6. The lowest BCUT2D eigenvalue weighted by Crippen LogP contribution is -2.73. The van der Waals surface area contributed by atoms with Crippen molar-refractivity contribution in [2.75, 3.05) is 11.4 Å². The molecule has 0 saturated carbocycles. The van der Waals surface area contributed by atoms with Gasteiger partial charge in [0.15, 0.2) is 5.41 Å². The van der Waals surface area contributed by atoms with Crippen LogP contribution in [0.15, 0.2) is 84.9 Å². The maximum atomic E-state index is 14.6. The molecule has 0 bridgehead atoms. The molecule has 3 atom stereocenters. The molecule has 4 amide bonds. The molecule has 0 unspecified atom stereocenters. The number of aryl methyl sites for hydroxylation is 1. The number of nitrogens with zero attached hydrogens (tertiary/aromatic N) is 3. The molecule has 7 heteroatoms. The lowest BCUT2D eigenvalue weighted by molar-refractivity contribution is -0.154. The second-order valence-corrected chi connectivity index (χ2v) is 11.7. The van der Waals surface area contributed by atoms with Gasteiger partial charge in [-0.05, 0) is 67.0 Å². The third-order valence-electron chi connectivity index (χ3n) is 9.10. The number of aromatic nitrogens is 1. The molecule has 3 aliphatic heterocycles. The van der Waals surface area contributed by atoms with E-state index in [-0.39, 0.29) is 13.0 Å². The Morgan fingerprint density at radius 1 is 0.927 bits per heavy atom. The van der Waals surface area contributed by atoms with E-state index in [1.54, 1.807) is 0 Å². The van der Waals surface area contributed by atoms with Gasteiger partial charge in [-0.25, -0.2) is 9.78 Å². The van der Waals surface area contributed by atoms with Gasteiger partial charge < -0.3 is 4.90 Å². The number of benzene rings is 3. The number of hydrogen-bond donors (Lipinski definition) is 1. The minimum absolute atomic E-state index is 0.114. The van der Waals surface area contributed by atoms with Crippen LogP contribution in [0.5, 0.6) is 0 Å². The highest BCUT2D eigenvalue weighted by Crippen LogP contribution is 2.49. The fraction of sp³-hybridized carbons (Fsp3) is 0.294. The van der Waals surface area contributed by atoms with Crippen molar-refractivity contribution in [3.05, 3.63) is 107 Å². The predicted molar refractivity (Wildman–Crippen MR) is 157 cm³/mol. The highest BCUT2D eigenvalue weighted by atomic mass is 16.2. The molecule has 1 aromatic heterocycles. The number of hydrogen-bond acceptors (Lipinski definition) is 5. The van der Waals surface area contributed by atoms with Gasteiger partial charge in [0, 0.05) is 18.4 Å². The zero-order chi connectivity index (χ0) is 28.1. The van der Waals surface area contributed by atoms with Gasteiger partial charge in [-0.1, -0.05) is 72.3 Å². The Kier molecular flexibility index (Phi) is 6.11. The number of rotatable bonds is 4. The number of amides is 4. The van der Waals surface area contributed by atoms with E-state index in [9.17, 15) is 14.4 Å². The lowest BCUT2D eigenvalue weighted by atomic mass is 9.64. The van der Waals surface area contributed by atoms with Crippen molar-refractivity contribution < 1.29 is 14.4 Å². The molecule has 1 N–H and O–H groups in total. The fourth-order valence-corrected chi connectivity index (χ4v) is 7.08. The van der Waals surface area contributed by atoms with Gasteiger partial charge in [0.25, 0.3) is 0 Å². The molecule has 4 heterocycles. The summed E-state index contributed by atoms with van der Waals surface area (Å²) in [6, 6.07) is 27.0. The molecular formula is C34H32N4O3. The molecule has 2 saturated heterocycles. The average Bonchev–Trinajstić information content (AvgIpc) is 2.98. The summed E-state index contributed by atoms with van der Waals surface area (Å²) in [5, 5.41) is 3.58. The summed E-state index contributed by atoms with van der Waals surface area (Å²) in [5.74, 6) is 0.228. The Morgan fingerprint density at radius 2 is 1.66 bits per heavy atom. The summed E-state index contributed by atoms with van der Waals surface area (Å²) < 4.78 is 0. The first-order valence-electron chi connectivity index (χ1n) is 14.3. The summed E-state index contributed by atoms with van der Waals surface area (Å²) in [4.78, 5) is 50.2. The second-order valence-electron chi connectivity index (χ2n) is 11.7. The number of urea groups is 1. The topological polar surface area (TPSA) is 82.6 Å². The van der Waals surface area contributed by atoms with Crippen molar-refractivity contribution in [3.8, 4) is 0 Å². The molecule has 3 aromatic carbocycles. The van der Waals surface area contributed by atoms with Gasteiger partial charge in [0.2, 0.25) is 11.8 Å². The highest BCUT2D eigenvalue weighted by molar-refractivity contribution is 6.20. The molecular weight excluding hydrogens is 512 g/mol. The van der Waals surface area contributed by atoms with E-state index in [2.05, 4.69) is 40.5 Å². The minimum atomic E-state index is -1.43. The molecule has 206 valence electrons. The van der Waals surface area contributed by atoms with Crippen molar-refractivity contribution >= 4 is 34.6 Å². The number of pyridine rings is 1. The molecule has 41 heavy (non-hydrogen) atoms. The first-order chi connectivity index (χ1) is 19.9. The van der Waals surface area contributed by atoms with Crippen molar-refractivity contribution in [1.82, 2.24) is 15.2 Å². The van der Waals surface area contributed by atoms with Crippen LogP contribution >= 0.6 is 0 Å². The molecule has 4 aromatic rings. The van der Waals surface area contributed by atoms with Crippen molar-refractivity contribution in [1.29, 1.82) is 0 Å². The van der Waals surface area contributed by atoms with Crippen LogP contribution in [-0.4, -0.2) is 40.3 Å². The summed E-state index contributed by atoms with van der Waals surface area (Å²) in [6.07, 6.45) is 2.67. The van der Waals surface area contributed by atoms with Crippen molar-refractivity contribution in [3.63, 3.8) is 0 Å². The van der Waals surface area contributed by atoms with Gasteiger partial charge in [-0.3, -0.25) is 19.8 Å². The summed E-state index contributed by atoms with van der Waals surface area (Å²) in [6.45, 7) is 2.84. The van der Waals surface area contributed by atoms with Gasteiger partial charge >= 0.3 is 6.03 Å². The predicted octanol–water partition coefficient (Wildman–Crippen LogP) is 5.19. The molecule has 3 aliphatic rings. The van der Waals surface area contributed by atoms with E-state index in [0.29, 0.717) is 18.9 Å². The van der Waals surface area contributed by atoms with Crippen LogP contribution in [0.2, 0.25) is 0 Å². The number of barbiturate groups is 1. The summed E-state index contributed by atoms with van der Waals surface area (Å²) in [7, 11) is 0. The Hall–Kier alpha value is -4.52. The smallest absolute Gasteiger partial charge is 0.331 e. The molecule has 0 radical (unpaired) electrons. The van der Waals surface area contributed by atoms with E-state index in [4.69, 9.17) is 4.98 Å². The molecule has 7 rings (SSSR count). The third kappa shape index (κ3) is 4.27. The number of anilines is 1. The number of fused-ring (bicyclic) bond motifs is 5. The Morgan fingerprint density at radius 3 is 2.41 bits per heavy atom. The highest BCUT2D eigenvalue weighted by Gasteiger charge is 2.63. The van der Waals surface area contributed by atoms with E-state index in [0.717, 1.165) is 46.3 Å². The largest absolute Gasteiger partial charge is 0.352 e. The Balaban J connectivity index is 1.33. The van der Waals surface area contributed by atoms with Gasteiger partial charge in [-0.15, -0.1) is 0 Å². The van der Waals surface area contributed by atoms with Crippen LogP contribution in [-0.2, 0) is 29.0 Å². The number of nitrogens with one attached hydrogen (secondary N) is 1. The standard InChI is InChI=1S/C34H32N4O3/c1-22-12-13-28-26(16-22)19-27-20-34(31(39)36-33(41)38(32(34)40)21-24-10-6-3-7-11-24)29-18-25(14-15-37(29)30(27)35-28)17-23-8-4-2-5-9-23/h2-13,16,19,25,29H,14-15,17-18,20-21H2,1H3,(H,36,39,41)/t25-,29+,34+/m0/s1. The third-order valence-corrected chi connectivity index (χ3v) is 9.10. The van der Waals surface area contributed by atoms with E-state index >= 15 is 0 Å². The Bertz CT molecular complexity index is 1670. The number of piperidine rings is 1. The maximum Gasteiger partial charge on any atom is 0.331 e. The van der Waals surface area contributed by atoms with Crippen molar-refractivity contribution in [2.45, 2.75) is 45.2 Å². The lowest BCUT2D eigenvalue weighted by Gasteiger charge is -2.54. The van der Waals surface area contributed by atoms with Crippen LogP contribution in [0.3, 0.4) is 0 Å². The van der Waals surface area contributed by atoms with Gasteiger partial charge in [0.1, 0.15) is 5.82 Å². The fourth-order valence-electron chi connectivity index (χ4n) is 7.08. The molecule has 2 fully saturated rings. The second kappa shape index (κ2) is 9.84. The van der Waals surface area contributed by atoms with Gasteiger partial charge in [-0.2, -0.15) is 0 Å². The van der Waals surface area contributed by atoms with E-state index in [1.165, 1.54) is 10.5 Å². The van der Waals surface area contributed by atoms with Crippen LogP contribution in [0.1, 0.15) is 35.1 Å². The van der Waals surface area contributed by atoms with Crippen molar-refractivity contribution in [2.24, 2.45) is 11.3 Å². The monoisotopic (exact) mass is 544 g/mol. The number of carbonyl (C=O) groups is 3. The number of carbonyl (C=O) groups excluding carboxylic acids is 3.